The van der Waals surface area contributed by atoms with Crippen molar-refractivity contribution in [2.75, 3.05) is 0 Å². The Labute approximate surface area is 111 Å². The Morgan fingerprint density at radius 3 is 1.73 bits per heavy atom. The summed E-state index contributed by atoms with van der Waals surface area (Å²) in [5, 5.41) is 0. The van der Waals surface area contributed by atoms with E-state index in [1.165, 1.54) is 44.0 Å². The monoisotopic (exact) mass is 406 g/mol. The first-order chi connectivity index (χ1) is 6.64. The van der Waals surface area contributed by atoms with Crippen LogP contribution in [0.1, 0.15) is 60.8 Å². The van der Waals surface area contributed by atoms with E-state index in [1.807, 2.05) is 0 Å². The van der Waals surface area contributed by atoms with E-state index < -0.39 is 0 Å². The van der Waals surface area contributed by atoms with Crippen molar-refractivity contribution in [2.45, 2.75) is 64.4 Å². The Balaban J connectivity index is 2.93. The SMILES string of the molecule is CC(C)(C)C1CCC[CH]([BiH2])C1C(C)(C)C. The molecule has 0 aliphatic heterocycles. The Morgan fingerprint density at radius 2 is 1.40 bits per heavy atom. The molecule has 0 heterocycles. The molecule has 0 nitrogen and oxygen atoms in total. The Kier molecular flexibility index (Phi) is 4.31. The van der Waals surface area contributed by atoms with Gasteiger partial charge < -0.3 is 0 Å². The molecule has 0 aromatic rings. The van der Waals surface area contributed by atoms with Crippen LogP contribution < -0.4 is 0 Å². The average Bonchev–Trinajstić information content (AvgIpc) is 1.99. The van der Waals surface area contributed by atoms with E-state index >= 15 is 0 Å². The van der Waals surface area contributed by atoms with Crippen molar-refractivity contribution in [1.29, 1.82) is 0 Å². The second-order valence-electron chi connectivity index (χ2n) is 7.46. The van der Waals surface area contributed by atoms with Gasteiger partial charge in [0.2, 0.25) is 0 Å². The van der Waals surface area contributed by atoms with Gasteiger partial charge in [0.15, 0.2) is 0 Å². The van der Waals surface area contributed by atoms with Gasteiger partial charge in [-0.05, 0) is 0 Å². The topological polar surface area (TPSA) is 0 Å². The van der Waals surface area contributed by atoms with Crippen LogP contribution in [0, 0.1) is 22.7 Å². The number of hydrogen-bond acceptors (Lipinski definition) is 0. The molecule has 90 valence electrons. The van der Waals surface area contributed by atoms with Crippen LogP contribution in [0.5, 0.6) is 0 Å². The zero-order chi connectivity index (χ0) is 11.9. The van der Waals surface area contributed by atoms with Gasteiger partial charge in [-0.15, -0.1) is 0 Å². The number of hydrogen-bond donors (Lipinski definition) is 0. The zero-order valence-corrected chi connectivity index (χ0v) is 15.9. The van der Waals surface area contributed by atoms with Crippen molar-refractivity contribution in [1.82, 2.24) is 0 Å². The van der Waals surface area contributed by atoms with Gasteiger partial charge in [-0.3, -0.25) is 0 Å². The molecule has 3 atom stereocenters. The quantitative estimate of drug-likeness (QED) is 0.535. The van der Waals surface area contributed by atoms with Crippen LogP contribution in [0.4, 0.5) is 0 Å². The molecule has 15 heavy (non-hydrogen) atoms. The van der Waals surface area contributed by atoms with Gasteiger partial charge in [-0.2, -0.15) is 0 Å². The standard InChI is InChI=1S/C14H27.Bi.2H/c1-13(2,3)11-9-7-8-10-12(11)14(4,5)6;;;/h9,11-12H,7-8,10H2,1-6H3;;;. The Bertz CT molecular complexity index is 206. The first kappa shape index (κ1) is 13.9. The summed E-state index contributed by atoms with van der Waals surface area (Å²) in [7, 11) is 0. The van der Waals surface area contributed by atoms with E-state index in [9.17, 15) is 0 Å². The summed E-state index contributed by atoms with van der Waals surface area (Å²) in [5.41, 5.74) is 1.02. The van der Waals surface area contributed by atoms with Crippen LogP contribution in [0.2, 0.25) is 3.63 Å². The van der Waals surface area contributed by atoms with Crippen LogP contribution in [0.15, 0.2) is 0 Å². The first-order valence-corrected chi connectivity index (χ1v) is 8.99. The molecule has 1 saturated carbocycles. The van der Waals surface area contributed by atoms with E-state index in [-0.39, 0.29) is 0 Å². The summed E-state index contributed by atoms with van der Waals surface area (Å²) in [6, 6.07) is 0. The molecule has 0 bridgehead atoms. The molecule has 0 saturated heterocycles. The minimum atomic E-state index is 0.505. The predicted molar refractivity (Wildman–Crippen MR) is 72.0 cm³/mol. The van der Waals surface area contributed by atoms with E-state index in [1.54, 1.807) is 0 Å². The van der Waals surface area contributed by atoms with Crippen molar-refractivity contribution < 1.29 is 0 Å². The van der Waals surface area contributed by atoms with E-state index in [4.69, 9.17) is 0 Å². The van der Waals surface area contributed by atoms with Crippen molar-refractivity contribution in [3.63, 3.8) is 0 Å². The molecule has 3 unspecified atom stereocenters. The molecule has 0 aromatic carbocycles. The van der Waals surface area contributed by atoms with Gasteiger partial charge >= 0.3 is 112 Å². The summed E-state index contributed by atoms with van der Waals surface area (Å²) in [6.45, 7) is 14.7. The third-order valence-corrected chi connectivity index (χ3v) is 6.97. The van der Waals surface area contributed by atoms with Crippen LogP contribution >= 0.6 is 0 Å². The van der Waals surface area contributed by atoms with Crippen LogP contribution in [0.25, 0.3) is 0 Å². The molecule has 1 rings (SSSR count). The average molecular weight is 406 g/mol. The van der Waals surface area contributed by atoms with Gasteiger partial charge in [-0.25, -0.2) is 0 Å². The van der Waals surface area contributed by atoms with Crippen molar-refractivity contribution >= 4 is 24.7 Å². The van der Waals surface area contributed by atoms with E-state index in [0.717, 1.165) is 15.5 Å². The van der Waals surface area contributed by atoms with Crippen molar-refractivity contribution in [3.8, 4) is 0 Å². The fourth-order valence-corrected chi connectivity index (χ4v) is 7.65. The second-order valence-corrected chi connectivity index (χ2v) is 10.8. The van der Waals surface area contributed by atoms with Gasteiger partial charge in [0.25, 0.3) is 0 Å². The fraction of sp³-hybridized carbons (Fsp3) is 1.00. The maximum atomic E-state index is 2.46. The van der Waals surface area contributed by atoms with Crippen LogP contribution in [-0.4, -0.2) is 24.7 Å². The van der Waals surface area contributed by atoms with E-state index in [0.29, 0.717) is 10.8 Å². The molecule has 0 N–H and O–H groups in total. The summed E-state index contributed by atoms with van der Waals surface area (Å²) < 4.78 is 1.07. The van der Waals surface area contributed by atoms with Crippen LogP contribution in [0.3, 0.4) is 0 Å². The third-order valence-electron chi connectivity index (χ3n) is 4.06. The third kappa shape index (κ3) is 3.42. The molecule has 0 aromatic heterocycles. The predicted octanol–water partition coefficient (Wildman–Crippen LogP) is 3.92. The van der Waals surface area contributed by atoms with Gasteiger partial charge in [0.1, 0.15) is 0 Å². The van der Waals surface area contributed by atoms with Crippen molar-refractivity contribution in [3.05, 3.63) is 0 Å². The summed E-state index contributed by atoms with van der Waals surface area (Å²) >= 11 is 1.17. The molecule has 1 aliphatic carbocycles. The Morgan fingerprint density at radius 1 is 0.867 bits per heavy atom. The zero-order valence-electron chi connectivity index (χ0n) is 11.4. The number of rotatable bonds is 0. The molecule has 1 aliphatic rings. The van der Waals surface area contributed by atoms with E-state index in [2.05, 4.69) is 41.5 Å². The van der Waals surface area contributed by atoms with Crippen LogP contribution in [-0.2, 0) is 0 Å². The summed E-state index contributed by atoms with van der Waals surface area (Å²) in [4.78, 5) is 0. The molecular weight excluding hydrogens is 377 g/mol. The molecule has 0 spiro atoms. The molecular formula is C14H29Bi. The maximum absolute atomic E-state index is 2.46. The minimum absolute atomic E-state index is 0.505. The van der Waals surface area contributed by atoms with Gasteiger partial charge in [0, 0.05) is 0 Å². The first-order valence-electron chi connectivity index (χ1n) is 6.39. The normalized spacial score (nSPS) is 34.2. The summed E-state index contributed by atoms with van der Waals surface area (Å²) in [6.07, 6.45) is 4.46. The van der Waals surface area contributed by atoms with Crippen molar-refractivity contribution in [2.24, 2.45) is 22.7 Å². The Hall–Kier alpha value is 0.883. The van der Waals surface area contributed by atoms with Gasteiger partial charge in [-0.1, -0.05) is 0 Å². The fourth-order valence-electron chi connectivity index (χ4n) is 3.45. The molecule has 1 heteroatoms. The molecule has 1 fully saturated rings. The van der Waals surface area contributed by atoms with Gasteiger partial charge in [0.05, 0.1) is 0 Å². The summed E-state index contributed by atoms with van der Waals surface area (Å²) in [5.74, 6) is 1.91. The molecule has 0 amide bonds. The second kappa shape index (κ2) is 4.63. The molecule has 0 radical (unpaired) electrons.